The van der Waals surface area contributed by atoms with E-state index in [0.29, 0.717) is 6.04 Å². The molecule has 0 saturated carbocycles. The molecular formula is C9H10N2O2. The molecule has 0 aromatic carbocycles. The minimum Gasteiger partial charge on any atom is -0.478 e. The van der Waals surface area contributed by atoms with Crippen LogP contribution in [0.1, 0.15) is 28.5 Å². The Morgan fingerprint density at radius 2 is 2.38 bits per heavy atom. The van der Waals surface area contributed by atoms with Crippen LogP contribution in [0.25, 0.3) is 0 Å². The molecule has 4 heteroatoms. The summed E-state index contributed by atoms with van der Waals surface area (Å²) in [6, 6.07) is 3.67. The van der Waals surface area contributed by atoms with Crippen molar-refractivity contribution in [2.24, 2.45) is 0 Å². The summed E-state index contributed by atoms with van der Waals surface area (Å²) >= 11 is 0. The van der Waals surface area contributed by atoms with Crippen molar-refractivity contribution >= 4 is 5.97 Å². The Hall–Kier alpha value is -1.42. The van der Waals surface area contributed by atoms with Crippen molar-refractivity contribution in [2.75, 3.05) is 6.54 Å². The number of hydrogen-bond donors (Lipinski definition) is 2. The maximum Gasteiger partial charge on any atom is 0.337 e. The SMILES string of the molecule is O=C(O)c1ccc(C2CCN2)nc1. The van der Waals surface area contributed by atoms with Crippen LogP contribution < -0.4 is 5.32 Å². The summed E-state index contributed by atoms with van der Waals surface area (Å²) < 4.78 is 0. The Bertz CT molecular complexity index is 317. The van der Waals surface area contributed by atoms with Gasteiger partial charge in [0.15, 0.2) is 0 Å². The van der Waals surface area contributed by atoms with Gasteiger partial charge in [0, 0.05) is 6.20 Å². The normalized spacial score (nSPS) is 20.8. The number of carboxylic acid groups (broad SMARTS) is 1. The van der Waals surface area contributed by atoms with Gasteiger partial charge < -0.3 is 10.4 Å². The number of pyridine rings is 1. The second kappa shape index (κ2) is 3.14. The fraction of sp³-hybridized carbons (Fsp3) is 0.333. The molecule has 0 radical (unpaired) electrons. The van der Waals surface area contributed by atoms with E-state index < -0.39 is 5.97 Å². The summed E-state index contributed by atoms with van der Waals surface area (Å²) in [5.74, 6) is -0.930. The maximum absolute atomic E-state index is 10.5. The van der Waals surface area contributed by atoms with Crippen LogP contribution in [-0.2, 0) is 0 Å². The number of aromatic carboxylic acids is 1. The van der Waals surface area contributed by atoms with Gasteiger partial charge in [-0.15, -0.1) is 0 Å². The Kier molecular flexibility index (Phi) is 1.98. The molecule has 2 N–H and O–H groups in total. The smallest absolute Gasteiger partial charge is 0.337 e. The van der Waals surface area contributed by atoms with Crippen LogP contribution in [0.3, 0.4) is 0 Å². The lowest BCUT2D eigenvalue weighted by atomic mass is 10.0. The summed E-state index contributed by atoms with van der Waals surface area (Å²) in [6.45, 7) is 1.02. The average Bonchev–Trinajstić information content (AvgIpc) is 2.02. The van der Waals surface area contributed by atoms with E-state index in [0.717, 1.165) is 18.7 Å². The first-order valence-electron chi connectivity index (χ1n) is 4.20. The highest BCUT2D eigenvalue weighted by molar-refractivity contribution is 5.87. The number of carbonyl (C=O) groups is 1. The van der Waals surface area contributed by atoms with Gasteiger partial charge in [0.2, 0.25) is 0 Å². The van der Waals surface area contributed by atoms with E-state index in [4.69, 9.17) is 5.11 Å². The third kappa shape index (κ3) is 1.53. The minimum absolute atomic E-state index is 0.239. The van der Waals surface area contributed by atoms with Gasteiger partial charge in [0.1, 0.15) is 0 Å². The standard InChI is InChI=1S/C9H10N2O2/c12-9(13)6-1-2-7(11-5-6)8-3-4-10-8/h1-2,5,8,10H,3-4H2,(H,12,13). The van der Waals surface area contributed by atoms with Crippen LogP contribution in [0.5, 0.6) is 0 Å². The molecule has 68 valence electrons. The monoisotopic (exact) mass is 178 g/mol. The molecule has 0 amide bonds. The van der Waals surface area contributed by atoms with Crippen LogP contribution in [-0.4, -0.2) is 22.6 Å². The first-order chi connectivity index (χ1) is 6.27. The molecule has 1 atom stereocenters. The summed E-state index contributed by atoms with van der Waals surface area (Å²) in [5, 5.41) is 11.8. The molecule has 1 saturated heterocycles. The zero-order chi connectivity index (χ0) is 9.26. The van der Waals surface area contributed by atoms with Crippen molar-refractivity contribution in [2.45, 2.75) is 12.5 Å². The molecule has 0 spiro atoms. The second-order valence-corrected chi connectivity index (χ2v) is 3.07. The molecule has 1 fully saturated rings. The van der Waals surface area contributed by atoms with Crippen molar-refractivity contribution in [3.05, 3.63) is 29.6 Å². The molecule has 1 aliphatic rings. The highest BCUT2D eigenvalue weighted by Gasteiger charge is 2.19. The fourth-order valence-electron chi connectivity index (χ4n) is 1.28. The molecular weight excluding hydrogens is 168 g/mol. The van der Waals surface area contributed by atoms with Gasteiger partial charge in [-0.2, -0.15) is 0 Å². The molecule has 0 bridgehead atoms. The molecule has 2 rings (SSSR count). The van der Waals surface area contributed by atoms with E-state index >= 15 is 0 Å². The molecule has 1 aromatic rings. The summed E-state index contributed by atoms with van der Waals surface area (Å²) in [6.07, 6.45) is 2.48. The molecule has 1 unspecified atom stereocenters. The molecule has 1 aliphatic heterocycles. The highest BCUT2D eigenvalue weighted by atomic mass is 16.4. The van der Waals surface area contributed by atoms with Crippen molar-refractivity contribution in [3.63, 3.8) is 0 Å². The molecule has 2 heterocycles. The van der Waals surface area contributed by atoms with E-state index in [-0.39, 0.29) is 5.56 Å². The highest BCUT2D eigenvalue weighted by Crippen LogP contribution is 2.20. The van der Waals surface area contributed by atoms with Crippen molar-refractivity contribution in [1.82, 2.24) is 10.3 Å². The van der Waals surface area contributed by atoms with Crippen molar-refractivity contribution in [3.8, 4) is 0 Å². The first kappa shape index (κ1) is 8.19. The predicted molar refractivity (Wildman–Crippen MR) is 46.6 cm³/mol. The van der Waals surface area contributed by atoms with Gasteiger partial charge in [-0.1, -0.05) is 0 Å². The number of carboxylic acids is 1. The Labute approximate surface area is 75.6 Å². The third-order valence-corrected chi connectivity index (χ3v) is 2.21. The van der Waals surface area contributed by atoms with Crippen LogP contribution in [0.4, 0.5) is 0 Å². The van der Waals surface area contributed by atoms with Crippen LogP contribution in [0.2, 0.25) is 0 Å². The molecule has 13 heavy (non-hydrogen) atoms. The van der Waals surface area contributed by atoms with Gasteiger partial charge in [-0.05, 0) is 25.1 Å². The van der Waals surface area contributed by atoms with Gasteiger partial charge in [-0.3, -0.25) is 4.98 Å². The largest absolute Gasteiger partial charge is 0.478 e. The lowest BCUT2D eigenvalue weighted by molar-refractivity contribution is 0.0696. The quantitative estimate of drug-likeness (QED) is 0.703. The number of hydrogen-bond acceptors (Lipinski definition) is 3. The number of aromatic nitrogens is 1. The third-order valence-electron chi connectivity index (χ3n) is 2.21. The van der Waals surface area contributed by atoms with E-state index in [1.54, 1.807) is 12.1 Å². The van der Waals surface area contributed by atoms with E-state index in [1.807, 2.05) is 0 Å². The Morgan fingerprint density at radius 3 is 2.77 bits per heavy atom. The summed E-state index contributed by atoms with van der Waals surface area (Å²) in [5.41, 5.74) is 1.17. The molecule has 1 aromatic heterocycles. The Morgan fingerprint density at radius 1 is 1.62 bits per heavy atom. The van der Waals surface area contributed by atoms with Crippen LogP contribution >= 0.6 is 0 Å². The zero-order valence-corrected chi connectivity index (χ0v) is 7.03. The van der Waals surface area contributed by atoms with E-state index in [2.05, 4.69) is 10.3 Å². The Balaban J connectivity index is 2.17. The van der Waals surface area contributed by atoms with Gasteiger partial charge >= 0.3 is 5.97 Å². The fourth-order valence-corrected chi connectivity index (χ4v) is 1.28. The van der Waals surface area contributed by atoms with Gasteiger partial charge in [0.05, 0.1) is 17.3 Å². The van der Waals surface area contributed by atoms with Gasteiger partial charge in [-0.25, -0.2) is 4.79 Å². The van der Waals surface area contributed by atoms with Gasteiger partial charge in [0.25, 0.3) is 0 Å². The van der Waals surface area contributed by atoms with Crippen LogP contribution in [0.15, 0.2) is 18.3 Å². The average molecular weight is 178 g/mol. The maximum atomic E-state index is 10.5. The predicted octanol–water partition coefficient (Wildman–Crippen LogP) is 0.814. The van der Waals surface area contributed by atoms with E-state index in [9.17, 15) is 4.79 Å². The first-order valence-corrected chi connectivity index (χ1v) is 4.20. The van der Waals surface area contributed by atoms with Crippen molar-refractivity contribution < 1.29 is 9.90 Å². The number of rotatable bonds is 2. The number of nitrogens with one attached hydrogen (secondary N) is 1. The molecule has 0 aliphatic carbocycles. The summed E-state index contributed by atoms with van der Waals surface area (Å²) in [4.78, 5) is 14.6. The van der Waals surface area contributed by atoms with Crippen molar-refractivity contribution in [1.29, 1.82) is 0 Å². The topological polar surface area (TPSA) is 62.2 Å². The van der Waals surface area contributed by atoms with E-state index in [1.165, 1.54) is 6.20 Å². The lowest BCUT2D eigenvalue weighted by Gasteiger charge is -2.26. The van der Waals surface area contributed by atoms with Crippen LogP contribution in [0, 0.1) is 0 Å². The second-order valence-electron chi connectivity index (χ2n) is 3.07. The lowest BCUT2D eigenvalue weighted by Crippen LogP contribution is -2.35. The molecule has 4 nitrogen and oxygen atoms in total. The minimum atomic E-state index is -0.930. The zero-order valence-electron chi connectivity index (χ0n) is 7.03. The summed E-state index contributed by atoms with van der Waals surface area (Å²) in [7, 11) is 0. The number of nitrogens with zero attached hydrogens (tertiary/aromatic N) is 1.